The molecule has 0 atom stereocenters. The molecule has 0 unspecified atom stereocenters. The summed E-state index contributed by atoms with van der Waals surface area (Å²) in [5, 5.41) is 10.8. The maximum Gasteiger partial charge on any atom is 0.338 e. The van der Waals surface area contributed by atoms with Crippen molar-refractivity contribution >= 4 is 21.7 Å². The first-order chi connectivity index (χ1) is 13.8. The maximum atomic E-state index is 12.9. The van der Waals surface area contributed by atoms with Gasteiger partial charge in [-0.15, -0.1) is 0 Å². The molecular weight excluding hydrogens is 400 g/mol. The molecule has 0 aliphatic carbocycles. The van der Waals surface area contributed by atoms with Crippen LogP contribution in [0.1, 0.15) is 28.8 Å². The number of carbonyl (C=O) groups is 1. The molecule has 1 saturated heterocycles. The fourth-order valence-electron chi connectivity index (χ4n) is 3.06. The van der Waals surface area contributed by atoms with Gasteiger partial charge in [0.15, 0.2) is 0 Å². The van der Waals surface area contributed by atoms with Gasteiger partial charge in [-0.2, -0.15) is 4.31 Å². The molecule has 0 saturated carbocycles. The van der Waals surface area contributed by atoms with Crippen LogP contribution in [-0.2, 0) is 21.4 Å². The normalized spacial score (nSPS) is 14.5. The molecular formula is C19H20N2O7S. The lowest BCUT2D eigenvalue weighted by Gasteiger charge is -2.18. The van der Waals surface area contributed by atoms with Crippen molar-refractivity contribution in [2.45, 2.75) is 24.3 Å². The number of non-ortho nitro benzene ring substituents is 1. The Morgan fingerprint density at radius 3 is 2.55 bits per heavy atom. The monoisotopic (exact) mass is 420 g/mol. The molecule has 0 N–H and O–H groups in total. The van der Waals surface area contributed by atoms with Gasteiger partial charge in [0.05, 0.1) is 17.6 Å². The largest absolute Gasteiger partial charge is 0.495 e. The molecule has 1 aliphatic rings. The lowest BCUT2D eigenvalue weighted by Crippen LogP contribution is -2.28. The number of methoxy groups -OCH3 is 1. The molecule has 1 fully saturated rings. The predicted molar refractivity (Wildman–Crippen MR) is 103 cm³/mol. The number of sulfonamides is 1. The van der Waals surface area contributed by atoms with Gasteiger partial charge in [0.2, 0.25) is 10.0 Å². The van der Waals surface area contributed by atoms with Crippen LogP contribution in [0.15, 0.2) is 47.4 Å². The Balaban J connectivity index is 1.81. The predicted octanol–water partition coefficient (Wildman–Crippen LogP) is 2.74. The van der Waals surface area contributed by atoms with E-state index >= 15 is 0 Å². The van der Waals surface area contributed by atoms with Gasteiger partial charge in [-0.3, -0.25) is 10.1 Å². The van der Waals surface area contributed by atoms with Crippen LogP contribution in [0, 0.1) is 10.1 Å². The number of esters is 1. The van der Waals surface area contributed by atoms with Gasteiger partial charge in [0, 0.05) is 25.2 Å². The highest BCUT2D eigenvalue weighted by atomic mass is 32.2. The lowest BCUT2D eigenvalue weighted by molar-refractivity contribution is -0.384. The molecule has 2 aromatic carbocycles. The Morgan fingerprint density at radius 1 is 1.17 bits per heavy atom. The van der Waals surface area contributed by atoms with Crippen molar-refractivity contribution in [2.75, 3.05) is 20.2 Å². The van der Waals surface area contributed by atoms with E-state index in [9.17, 15) is 23.3 Å². The van der Waals surface area contributed by atoms with Crippen molar-refractivity contribution in [2.24, 2.45) is 0 Å². The number of benzene rings is 2. The van der Waals surface area contributed by atoms with Crippen LogP contribution < -0.4 is 4.74 Å². The Labute approximate surface area is 168 Å². The minimum Gasteiger partial charge on any atom is -0.495 e. The molecule has 0 bridgehead atoms. The van der Waals surface area contributed by atoms with E-state index in [2.05, 4.69) is 0 Å². The summed E-state index contributed by atoms with van der Waals surface area (Å²) in [6.07, 6.45) is 1.57. The van der Waals surface area contributed by atoms with Crippen LogP contribution >= 0.6 is 0 Å². The van der Waals surface area contributed by atoms with Gasteiger partial charge in [0.25, 0.3) is 5.69 Å². The van der Waals surface area contributed by atoms with E-state index in [4.69, 9.17) is 9.47 Å². The third kappa shape index (κ3) is 4.54. The van der Waals surface area contributed by atoms with Gasteiger partial charge in [-0.25, -0.2) is 13.2 Å². The van der Waals surface area contributed by atoms with E-state index in [-0.39, 0.29) is 28.5 Å². The second kappa shape index (κ2) is 8.58. The van der Waals surface area contributed by atoms with E-state index in [0.29, 0.717) is 18.7 Å². The zero-order valence-electron chi connectivity index (χ0n) is 15.7. The maximum absolute atomic E-state index is 12.9. The van der Waals surface area contributed by atoms with E-state index in [0.717, 1.165) is 12.8 Å². The second-order valence-corrected chi connectivity index (χ2v) is 8.39. The van der Waals surface area contributed by atoms with Crippen molar-refractivity contribution in [3.63, 3.8) is 0 Å². The van der Waals surface area contributed by atoms with Gasteiger partial charge < -0.3 is 9.47 Å². The van der Waals surface area contributed by atoms with Crippen molar-refractivity contribution in [3.8, 4) is 5.75 Å². The molecule has 2 aromatic rings. The van der Waals surface area contributed by atoms with E-state index in [1.54, 1.807) is 6.07 Å². The van der Waals surface area contributed by atoms with Crippen LogP contribution in [0.25, 0.3) is 0 Å². The summed E-state index contributed by atoms with van der Waals surface area (Å²) in [4.78, 5) is 22.6. The summed E-state index contributed by atoms with van der Waals surface area (Å²) in [6, 6.07) is 9.80. The zero-order valence-corrected chi connectivity index (χ0v) is 16.6. The number of nitro groups is 1. The Hall–Kier alpha value is -2.98. The first-order valence-electron chi connectivity index (χ1n) is 8.91. The van der Waals surface area contributed by atoms with E-state index in [1.807, 2.05) is 0 Å². The summed E-state index contributed by atoms with van der Waals surface area (Å²) in [7, 11) is -2.43. The Bertz CT molecular complexity index is 1030. The summed E-state index contributed by atoms with van der Waals surface area (Å²) < 4.78 is 37.5. The third-order valence-corrected chi connectivity index (χ3v) is 6.49. The topological polar surface area (TPSA) is 116 Å². The summed E-state index contributed by atoms with van der Waals surface area (Å²) in [5.74, 6) is -0.593. The van der Waals surface area contributed by atoms with Crippen molar-refractivity contribution in [3.05, 3.63) is 63.7 Å². The molecule has 0 amide bonds. The number of rotatable bonds is 7. The molecule has 3 rings (SSSR count). The zero-order chi connectivity index (χ0) is 21.0. The van der Waals surface area contributed by atoms with Gasteiger partial charge in [-0.1, -0.05) is 12.1 Å². The van der Waals surface area contributed by atoms with Crippen molar-refractivity contribution in [1.29, 1.82) is 0 Å². The standard InChI is InChI=1S/C19H20N2O7S/c1-27-17-8-7-15(12-18(17)29(25,26)20-9-2-3-10-20)19(22)28-13-14-5-4-6-16(11-14)21(23)24/h4-8,11-12H,2-3,9-10,13H2,1H3. The molecule has 0 aromatic heterocycles. The highest BCUT2D eigenvalue weighted by Crippen LogP contribution is 2.30. The number of nitrogens with zero attached hydrogens (tertiary/aromatic N) is 2. The SMILES string of the molecule is COc1ccc(C(=O)OCc2cccc([N+](=O)[O-])c2)cc1S(=O)(=O)N1CCCC1. The molecule has 0 spiro atoms. The van der Waals surface area contributed by atoms with Crippen molar-refractivity contribution in [1.82, 2.24) is 4.31 Å². The van der Waals surface area contributed by atoms with Gasteiger partial charge in [0.1, 0.15) is 17.3 Å². The first-order valence-corrected chi connectivity index (χ1v) is 10.4. The third-order valence-electron chi connectivity index (χ3n) is 4.57. The molecule has 9 nitrogen and oxygen atoms in total. The average molecular weight is 420 g/mol. The Kier molecular flexibility index (Phi) is 6.14. The smallest absolute Gasteiger partial charge is 0.338 e. The van der Waals surface area contributed by atoms with Crippen LogP contribution in [-0.4, -0.2) is 43.8 Å². The molecule has 1 heterocycles. The van der Waals surface area contributed by atoms with Crippen LogP contribution in [0.4, 0.5) is 5.69 Å². The van der Waals surface area contributed by atoms with E-state index < -0.39 is 20.9 Å². The number of carbonyl (C=O) groups excluding carboxylic acids is 1. The lowest BCUT2D eigenvalue weighted by atomic mass is 10.2. The minimum atomic E-state index is -3.79. The number of nitro benzene ring substituents is 1. The first kappa shape index (κ1) is 20.7. The summed E-state index contributed by atoms with van der Waals surface area (Å²) in [5.41, 5.74) is 0.391. The van der Waals surface area contributed by atoms with Crippen LogP contribution in [0.3, 0.4) is 0 Å². The molecule has 10 heteroatoms. The quantitative estimate of drug-likeness (QED) is 0.384. The minimum absolute atomic E-state index is 0.0500. The van der Waals surface area contributed by atoms with Crippen LogP contribution in [0.5, 0.6) is 5.75 Å². The number of hydrogen-bond acceptors (Lipinski definition) is 7. The second-order valence-electron chi connectivity index (χ2n) is 6.48. The van der Waals surface area contributed by atoms with E-state index in [1.165, 1.54) is 47.8 Å². The molecule has 0 radical (unpaired) electrons. The van der Waals surface area contributed by atoms with Crippen LogP contribution in [0.2, 0.25) is 0 Å². The summed E-state index contributed by atoms with van der Waals surface area (Å²) in [6.45, 7) is 0.667. The van der Waals surface area contributed by atoms with Crippen molar-refractivity contribution < 1.29 is 27.6 Å². The number of ether oxygens (including phenoxy) is 2. The summed E-state index contributed by atoms with van der Waals surface area (Å²) >= 11 is 0. The van der Waals surface area contributed by atoms with Gasteiger partial charge in [-0.05, 0) is 36.6 Å². The number of hydrogen-bond donors (Lipinski definition) is 0. The average Bonchev–Trinajstić information content (AvgIpc) is 3.27. The highest BCUT2D eigenvalue weighted by molar-refractivity contribution is 7.89. The Morgan fingerprint density at radius 2 is 1.90 bits per heavy atom. The molecule has 1 aliphatic heterocycles. The fourth-order valence-corrected chi connectivity index (χ4v) is 4.76. The van der Waals surface area contributed by atoms with Gasteiger partial charge >= 0.3 is 5.97 Å². The highest BCUT2D eigenvalue weighted by Gasteiger charge is 2.30. The fraction of sp³-hybridized carbons (Fsp3) is 0.316. The molecule has 154 valence electrons. The molecule has 29 heavy (non-hydrogen) atoms.